The summed E-state index contributed by atoms with van der Waals surface area (Å²) in [6.07, 6.45) is 3.92. The summed E-state index contributed by atoms with van der Waals surface area (Å²) < 4.78 is 0. The Kier molecular flexibility index (Phi) is 5.88. The topological polar surface area (TPSA) is 58.4 Å². The number of likely N-dealkylation sites (tertiary alicyclic amines) is 1. The van der Waals surface area contributed by atoms with Gasteiger partial charge in [0.15, 0.2) is 0 Å². The molecule has 0 aromatic heterocycles. The minimum absolute atomic E-state index is 0.152. The number of anilines is 1. The van der Waals surface area contributed by atoms with E-state index in [1.807, 2.05) is 0 Å². The third-order valence-electron chi connectivity index (χ3n) is 3.89. The van der Waals surface area contributed by atoms with Crippen LogP contribution in [0.1, 0.15) is 36.5 Å². The van der Waals surface area contributed by atoms with E-state index in [0.717, 1.165) is 6.54 Å². The van der Waals surface area contributed by atoms with Crippen LogP contribution in [0.2, 0.25) is 5.02 Å². The van der Waals surface area contributed by atoms with E-state index in [0.29, 0.717) is 28.7 Å². The Morgan fingerprint density at radius 2 is 2.10 bits per heavy atom. The van der Waals surface area contributed by atoms with Crippen LogP contribution in [0.25, 0.3) is 0 Å². The number of rotatable bonds is 5. The molecule has 3 N–H and O–H groups in total. The quantitative estimate of drug-likeness (QED) is 0.822. The van der Waals surface area contributed by atoms with Gasteiger partial charge in [0.2, 0.25) is 0 Å². The summed E-state index contributed by atoms with van der Waals surface area (Å²) in [5.74, 6) is 0.271. The van der Waals surface area contributed by atoms with Crippen molar-refractivity contribution in [3.63, 3.8) is 0 Å². The summed E-state index contributed by atoms with van der Waals surface area (Å²) in [5, 5.41) is 3.48. The molecule has 1 aliphatic rings. The van der Waals surface area contributed by atoms with E-state index in [9.17, 15) is 4.79 Å². The van der Waals surface area contributed by atoms with Gasteiger partial charge in [0.05, 0.1) is 5.56 Å². The summed E-state index contributed by atoms with van der Waals surface area (Å²) in [6, 6.07) is 4.96. The lowest BCUT2D eigenvalue weighted by atomic mass is 10.1. The largest absolute Gasteiger partial charge is 0.398 e. The number of nitrogen functional groups attached to an aromatic ring is 1. The Labute approximate surface area is 131 Å². The van der Waals surface area contributed by atoms with Gasteiger partial charge in [-0.2, -0.15) is 0 Å². The zero-order valence-electron chi connectivity index (χ0n) is 12.6. The van der Waals surface area contributed by atoms with Gasteiger partial charge in [-0.25, -0.2) is 0 Å². The van der Waals surface area contributed by atoms with Crippen LogP contribution in [0.4, 0.5) is 5.69 Å². The lowest BCUT2D eigenvalue weighted by Crippen LogP contribution is -2.38. The highest BCUT2D eigenvalue weighted by Crippen LogP contribution is 2.18. The average molecular weight is 310 g/mol. The summed E-state index contributed by atoms with van der Waals surface area (Å²) >= 11 is 5.91. The zero-order chi connectivity index (χ0) is 15.2. The number of nitrogens with two attached hydrogens (primary N) is 1. The van der Waals surface area contributed by atoms with Crippen molar-refractivity contribution in [3.05, 3.63) is 28.8 Å². The zero-order valence-corrected chi connectivity index (χ0v) is 13.3. The van der Waals surface area contributed by atoms with E-state index >= 15 is 0 Å². The van der Waals surface area contributed by atoms with E-state index in [-0.39, 0.29) is 5.91 Å². The third kappa shape index (κ3) is 4.90. The number of amides is 1. The normalized spacial score (nSPS) is 17.4. The van der Waals surface area contributed by atoms with Gasteiger partial charge in [-0.05, 0) is 50.0 Å². The van der Waals surface area contributed by atoms with Crippen LogP contribution in [0.3, 0.4) is 0 Å². The van der Waals surface area contributed by atoms with Gasteiger partial charge < -0.3 is 16.0 Å². The minimum atomic E-state index is -0.152. The van der Waals surface area contributed by atoms with Gasteiger partial charge in [-0.15, -0.1) is 0 Å². The maximum Gasteiger partial charge on any atom is 0.253 e. The molecular weight excluding hydrogens is 286 g/mol. The molecule has 0 saturated carbocycles. The Hall–Kier alpha value is -1.26. The van der Waals surface area contributed by atoms with Crippen molar-refractivity contribution in [3.8, 4) is 0 Å². The minimum Gasteiger partial charge on any atom is -0.398 e. The number of hydrogen-bond donors (Lipinski definition) is 2. The second-order valence-electron chi connectivity index (χ2n) is 5.91. The molecule has 1 aromatic carbocycles. The maximum atomic E-state index is 12.2. The standard InChI is InChI=1S/C16H24ClN3O/c1-12(11-20-7-3-2-4-8-20)10-19-16(21)14-9-13(17)5-6-15(14)18/h5-6,9,12H,2-4,7-8,10-11,18H2,1H3,(H,19,21). The number of benzene rings is 1. The van der Waals surface area contributed by atoms with Gasteiger partial charge in [-0.3, -0.25) is 4.79 Å². The predicted molar refractivity (Wildman–Crippen MR) is 87.7 cm³/mol. The molecule has 1 saturated heterocycles. The van der Waals surface area contributed by atoms with E-state index in [1.165, 1.54) is 32.4 Å². The number of carbonyl (C=O) groups is 1. The highest BCUT2D eigenvalue weighted by atomic mass is 35.5. The van der Waals surface area contributed by atoms with Gasteiger partial charge >= 0.3 is 0 Å². The van der Waals surface area contributed by atoms with E-state index in [4.69, 9.17) is 17.3 Å². The molecule has 2 rings (SSSR count). The second-order valence-corrected chi connectivity index (χ2v) is 6.34. The Balaban J connectivity index is 1.81. The van der Waals surface area contributed by atoms with Gasteiger partial charge in [0.25, 0.3) is 5.91 Å². The molecule has 1 atom stereocenters. The van der Waals surface area contributed by atoms with Crippen LogP contribution in [-0.2, 0) is 0 Å². The molecule has 1 amide bonds. The van der Waals surface area contributed by atoms with Crippen LogP contribution in [0.5, 0.6) is 0 Å². The SMILES string of the molecule is CC(CNC(=O)c1cc(Cl)ccc1N)CN1CCCCC1. The lowest BCUT2D eigenvalue weighted by Gasteiger charge is -2.29. The average Bonchev–Trinajstić information content (AvgIpc) is 2.48. The Morgan fingerprint density at radius 1 is 1.38 bits per heavy atom. The molecular formula is C16H24ClN3O. The molecule has 5 heteroatoms. The fourth-order valence-corrected chi connectivity index (χ4v) is 2.91. The van der Waals surface area contributed by atoms with Crippen molar-refractivity contribution in [1.29, 1.82) is 0 Å². The van der Waals surface area contributed by atoms with Gasteiger partial charge in [-0.1, -0.05) is 24.9 Å². The first-order valence-electron chi connectivity index (χ1n) is 7.62. The smallest absolute Gasteiger partial charge is 0.253 e. The first-order valence-corrected chi connectivity index (χ1v) is 7.99. The van der Waals surface area contributed by atoms with Gasteiger partial charge in [0, 0.05) is 23.8 Å². The fraction of sp³-hybridized carbons (Fsp3) is 0.562. The third-order valence-corrected chi connectivity index (χ3v) is 4.12. The fourth-order valence-electron chi connectivity index (χ4n) is 2.73. The molecule has 1 aliphatic heterocycles. The molecule has 21 heavy (non-hydrogen) atoms. The Morgan fingerprint density at radius 3 is 2.81 bits per heavy atom. The van der Waals surface area contributed by atoms with Crippen molar-refractivity contribution in [2.24, 2.45) is 5.92 Å². The number of hydrogen-bond acceptors (Lipinski definition) is 3. The molecule has 0 aliphatic carbocycles. The predicted octanol–water partition coefficient (Wildman–Crippen LogP) is 2.77. The molecule has 0 radical (unpaired) electrons. The number of piperidine rings is 1. The van der Waals surface area contributed by atoms with Crippen molar-refractivity contribution in [1.82, 2.24) is 10.2 Å². The molecule has 1 aromatic rings. The summed E-state index contributed by atoms with van der Waals surface area (Å²) in [5.41, 5.74) is 6.73. The molecule has 116 valence electrons. The molecule has 0 spiro atoms. The first-order chi connectivity index (χ1) is 10.1. The monoisotopic (exact) mass is 309 g/mol. The number of nitrogens with zero attached hydrogens (tertiary/aromatic N) is 1. The maximum absolute atomic E-state index is 12.2. The molecule has 4 nitrogen and oxygen atoms in total. The van der Waals surface area contributed by atoms with Crippen LogP contribution in [0.15, 0.2) is 18.2 Å². The number of halogens is 1. The van der Waals surface area contributed by atoms with Crippen molar-refractivity contribution in [2.75, 3.05) is 31.9 Å². The van der Waals surface area contributed by atoms with Gasteiger partial charge in [0.1, 0.15) is 0 Å². The summed E-state index contributed by atoms with van der Waals surface area (Å²) in [4.78, 5) is 14.6. The number of nitrogens with one attached hydrogen (secondary N) is 1. The molecule has 1 unspecified atom stereocenters. The van der Waals surface area contributed by atoms with Crippen LogP contribution in [-0.4, -0.2) is 37.0 Å². The second kappa shape index (κ2) is 7.66. The van der Waals surface area contributed by atoms with E-state index in [1.54, 1.807) is 18.2 Å². The molecule has 0 bridgehead atoms. The lowest BCUT2D eigenvalue weighted by molar-refractivity contribution is 0.0943. The summed E-state index contributed by atoms with van der Waals surface area (Å²) in [7, 11) is 0. The Bertz CT molecular complexity index is 486. The highest BCUT2D eigenvalue weighted by molar-refractivity contribution is 6.31. The van der Waals surface area contributed by atoms with E-state index < -0.39 is 0 Å². The highest BCUT2D eigenvalue weighted by Gasteiger charge is 2.15. The first kappa shape index (κ1) is 16.1. The molecule has 1 fully saturated rings. The van der Waals surface area contributed by atoms with E-state index in [2.05, 4.69) is 17.1 Å². The summed E-state index contributed by atoms with van der Waals surface area (Å²) in [6.45, 7) is 6.21. The van der Waals surface area contributed by atoms with Crippen LogP contribution >= 0.6 is 11.6 Å². The van der Waals surface area contributed by atoms with Crippen molar-refractivity contribution >= 4 is 23.2 Å². The van der Waals surface area contributed by atoms with Crippen LogP contribution in [0, 0.1) is 5.92 Å². The van der Waals surface area contributed by atoms with Crippen molar-refractivity contribution < 1.29 is 4.79 Å². The number of carbonyl (C=O) groups excluding carboxylic acids is 1. The van der Waals surface area contributed by atoms with Crippen LogP contribution < -0.4 is 11.1 Å². The van der Waals surface area contributed by atoms with Crippen molar-refractivity contribution in [2.45, 2.75) is 26.2 Å². The molecule has 1 heterocycles.